The van der Waals surface area contributed by atoms with E-state index in [1.807, 2.05) is 42.5 Å². The molecule has 0 bridgehead atoms. The topological polar surface area (TPSA) is 50.7 Å². The van der Waals surface area contributed by atoms with E-state index in [0.29, 0.717) is 6.54 Å². The first-order valence-corrected chi connectivity index (χ1v) is 9.63. The molecule has 0 aliphatic rings. The zero-order valence-electron chi connectivity index (χ0n) is 17.2. The Bertz CT molecular complexity index is 896. The van der Waals surface area contributed by atoms with Crippen molar-refractivity contribution in [2.24, 2.45) is 0 Å². The number of β-amino-alcohol motifs (C(OH)–C–C–N with tert-alkyl or cyclic N) is 1. The minimum atomic E-state index is -0.582. The van der Waals surface area contributed by atoms with Gasteiger partial charge in [0, 0.05) is 12.1 Å². The number of rotatable bonds is 9. The Labute approximate surface area is 179 Å². The van der Waals surface area contributed by atoms with Gasteiger partial charge in [0.2, 0.25) is 0 Å². The zero-order valence-corrected chi connectivity index (χ0v) is 18.0. The van der Waals surface area contributed by atoms with Crippen molar-refractivity contribution in [2.75, 3.05) is 20.3 Å². The van der Waals surface area contributed by atoms with Gasteiger partial charge in [0.15, 0.2) is 0 Å². The fourth-order valence-corrected chi connectivity index (χ4v) is 3.22. The third-order valence-electron chi connectivity index (χ3n) is 4.78. The van der Waals surface area contributed by atoms with Crippen LogP contribution in [0, 0.1) is 0 Å². The van der Waals surface area contributed by atoms with E-state index in [0.717, 1.165) is 23.3 Å². The molecule has 0 aliphatic carbocycles. The monoisotopic (exact) mass is 415 g/mol. The van der Waals surface area contributed by atoms with Crippen LogP contribution in [-0.4, -0.2) is 37.0 Å². The minimum Gasteiger partial charge on any atom is -0.497 e. The van der Waals surface area contributed by atoms with Crippen molar-refractivity contribution >= 4 is 23.2 Å². The van der Waals surface area contributed by atoms with E-state index >= 15 is 0 Å². The molecule has 29 heavy (non-hydrogen) atoms. The lowest BCUT2D eigenvalue weighted by Crippen LogP contribution is -2.46. The molecule has 0 aliphatic heterocycles. The fraction of sp³-hybridized carbons (Fsp3) is 0.333. The van der Waals surface area contributed by atoms with Crippen molar-refractivity contribution in [3.63, 3.8) is 0 Å². The second-order valence-electron chi connectivity index (χ2n) is 7.76. The van der Waals surface area contributed by atoms with Gasteiger partial charge in [0.25, 0.3) is 0 Å². The molecule has 1 unspecified atom stereocenters. The summed E-state index contributed by atoms with van der Waals surface area (Å²) >= 11 is 0. The van der Waals surface area contributed by atoms with E-state index in [4.69, 9.17) is 9.47 Å². The van der Waals surface area contributed by atoms with E-state index in [1.54, 1.807) is 7.11 Å². The molecule has 1 atom stereocenters. The first-order chi connectivity index (χ1) is 13.4. The fourth-order valence-electron chi connectivity index (χ4n) is 3.22. The molecule has 4 nitrogen and oxygen atoms in total. The van der Waals surface area contributed by atoms with Crippen LogP contribution >= 0.6 is 12.4 Å². The van der Waals surface area contributed by atoms with Gasteiger partial charge >= 0.3 is 0 Å². The van der Waals surface area contributed by atoms with Crippen LogP contribution in [0.25, 0.3) is 10.8 Å². The highest BCUT2D eigenvalue weighted by Gasteiger charge is 2.19. The van der Waals surface area contributed by atoms with Crippen LogP contribution < -0.4 is 14.8 Å². The summed E-state index contributed by atoms with van der Waals surface area (Å²) in [5.74, 6) is 1.63. The first kappa shape index (κ1) is 23.0. The summed E-state index contributed by atoms with van der Waals surface area (Å²) in [7, 11) is 1.67. The Morgan fingerprint density at radius 2 is 1.59 bits per heavy atom. The van der Waals surface area contributed by atoms with Crippen LogP contribution in [-0.2, 0) is 6.42 Å². The maximum atomic E-state index is 10.3. The third-order valence-corrected chi connectivity index (χ3v) is 4.78. The third kappa shape index (κ3) is 6.93. The molecule has 3 aromatic rings. The van der Waals surface area contributed by atoms with Gasteiger partial charge in [0.1, 0.15) is 24.2 Å². The summed E-state index contributed by atoms with van der Waals surface area (Å²) in [6.07, 6.45) is 0.275. The minimum absolute atomic E-state index is 0. The summed E-state index contributed by atoms with van der Waals surface area (Å²) in [4.78, 5) is 0. The summed E-state index contributed by atoms with van der Waals surface area (Å²) < 4.78 is 11.0. The smallest absolute Gasteiger partial charge is 0.120 e. The number of methoxy groups -OCH3 is 1. The standard InChI is InChI=1S/C24H29NO3.ClH/c1-24(2,15-18-8-11-22(27-3)12-9-18)25-16-21(26)17-28-23-13-10-19-6-4-5-7-20(19)14-23;/h4-14,21,25-26H,15-17H2,1-3H3;1H. The Morgan fingerprint density at radius 3 is 2.28 bits per heavy atom. The first-order valence-electron chi connectivity index (χ1n) is 9.63. The number of nitrogens with one attached hydrogen (secondary N) is 1. The predicted octanol–water partition coefficient (Wildman–Crippen LogP) is 4.62. The highest BCUT2D eigenvalue weighted by Crippen LogP contribution is 2.21. The molecular weight excluding hydrogens is 386 g/mol. The van der Waals surface area contributed by atoms with E-state index in [2.05, 4.69) is 43.4 Å². The van der Waals surface area contributed by atoms with Crippen molar-refractivity contribution in [1.29, 1.82) is 0 Å². The number of aliphatic hydroxyl groups is 1. The molecule has 0 amide bonds. The molecule has 0 fully saturated rings. The van der Waals surface area contributed by atoms with E-state index in [9.17, 15) is 5.11 Å². The lowest BCUT2D eigenvalue weighted by Gasteiger charge is -2.28. The number of benzene rings is 3. The number of hydrogen-bond donors (Lipinski definition) is 2. The largest absolute Gasteiger partial charge is 0.497 e. The number of ether oxygens (including phenoxy) is 2. The lowest BCUT2D eigenvalue weighted by atomic mass is 9.94. The SMILES string of the molecule is COc1ccc(CC(C)(C)NCC(O)COc2ccc3ccccc3c2)cc1.Cl. The molecule has 5 heteroatoms. The maximum absolute atomic E-state index is 10.3. The molecule has 0 spiro atoms. The predicted molar refractivity (Wildman–Crippen MR) is 121 cm³/mol. The van der Waals surface area contributed by atoms with E-state index in [1.165, 1.54) is 10.9 Å². The van der Waals surface area contributed by atoms with Crippen molar-refractivity contribution < 1.29 is 14.6 Å². The normalized spacial score (nSPS) is 12.3. The molecule has 0 saturated heterocycles. The van der Waals surface area contributed by atoms with Gasteiger partial charge in [-0.15, -0.1) is 12.4 Å². The second kappa shape index (κ2) is 10.5. The summed E-state index contributed by atoms with van der Waals surface area (Å²) in [5, 5.41) is 16.1. The highest BCUT2D eigenvalue weighted by atomic mass is 35.5. The van der Waals surface area contributed by atoms with Crippen molar-refractivity contribution in [3.8, 4) is 11.5 Å². The maximum Gasteiger partial charge on any atom is 0.120 e. The van der Waals surface area contributed by atoms with Crippen LogP contribution in [0.5, 0.6) is 11.5 Å². The quantitative estimate of drug-likeness (QED) is 0.535. The molecule has 0 saturated carbocycles. The van der Waals surface area contributed by atoms with Gasteiger partial charge in [0.05, 0.1) is 7.11 Å². The molecule has 3 rings (SSSR count). The number of fused-ring (bicyclic) bond motifs is 1. The molecule has 156 valence electrons. The summed E-state index contributed by atoms with van der Waals surface area (Å²) in [6.45, 7) is 4.99. The van der Waals surface area contributed by atoms with E-state index in [-0.39, 0.29) is 24.6 Å². The highest BCUT2D eigenvalue weighted by molar-refractivity contribution is 5.85. The van der Waals surface area contributed by atoms with Gasteiger partial charge in [-0.25, -0.2) is 0 Å². The van der Waals surface area contributed by atoms with Gasteiger partial charge in [-0.1, -0.05) is 42.5 Å². The van der Waals surface area contributed by atoms with Gasteiger partial charge in [-0.05, 0) is 60.9 Å². The van der Waals surface area contributed by atoms with Crippen LogP contribution in [0.15, 0.2) is 66.7 Å². The van der Waals surface area contributed by atoms with Crippen molar-refractivity contribution in [1.82, 2.24) is 5.32 Å². The number of aliphatic hydroxyl groups excluding tert-OH is 1. The zero-order chi connectivity index (χ0) is 20.0. The molecule has 0 radical (unpaired) electrons. The average Bonchev–Trinajstić information content (AvgIpc) is 2.71. The summed E-state index contributed by atoms with van der Waals surface area (Å²) in [6, 6.07) is 22.2. The molecule has 3 aromatic carbocycles. The molecule has 2 N–H and O–H groups in total. The molecule has 0 heterocycles. The van der Waals surface area contributed by atoms with E-state index < -0.39 is 6.10 Å². The van der Waals surface area contributed by atoms with Gasteiger partial charge < -0.3 is 19.9 Å². The van der Waals surface area contributed by atoms with Crippen LogP contribution in [0.2, 0.25) is 0 Å². The van der Waals surface area contributed by atoms with Gasteiger partial charge in [-0.3, -0.25) is 0 Å². The summed E-state index contributed by atoms with van der Waals surface area (Å²) in [5.41, 5.74) is 1.08. The van der Waals surface area contributed by atoms with Crippen LogP contribution in [0.3, 0.4) is 0 Å². The Kier molecular flexibility index (Phi) is 8.32. The van der Waals surface area contributed by atoms with Crippen LogP contribution in [0.1, 0.15) is 19.4 Å². The number of hydrogen-bond acceptors (Lipinski definition) is 4. The Balaban J connectivity index is 0.00000300. The van der Waals surface area contributed by atoms with Crippen molar-refractivity contribution in [2.45, 2.75) is 31.9 Å². The molecule has 0 aromatic heterocycles. The second-order valence-corrected chi connectivity index (χ2v) is 7.76. The lowest BCUT2D eigenvalue weighted by molar-refractivity contribution is 0.0989. The average molecular weight is 416 g/mol. The number of halogens is 1. The Morgan fingerprint density at radius 1 is 0.931 bits per heavy atom. The van der Waals surface area contributed by atoms with Crippen LogP contribution in [0.4, 0.5) is 0 Å². The van der Waals surface area contributed by atoms with Gasteiger partial charge in [-0.2, -0.15) is 0 Å². The van der Waals surface area contributed by atoms with Crippen molar-refractivity contribution in [3.05, 3.63) is 72.3 Å². The molecular formula is C24H30ClNO3. The Hall–Kier alpha value is -2.27.